The summed E-state index contributed by atoms with van der Waals surface area (Å²) in [6.45, 7) is 0. The van der Waals surface area contributed by atoms with Crippen molar-refractivity contribution in [2.75, 3.05) is 0 Å². The molecule has 7 heteroatoms. The fourth-order valence-electron chi connectivity index (χ4n) is 0.980. The zero-order chi connectivity index (χ0) is 12.3. The van der Waals surface area contributed by atoms with E-state index >= 15 is 0 Å². The summed E-state index contributed by atoms with van der Waals surface area (Å²) in [5, 5.41) is 8.35. The molecule has 0 aromatic carbocycles. The molecular formula is C9H5F3INO2. The third-order valence-corrected chi connectivity index (χ3v) is 2.15. The lowest BCUT2D eigenvalue weighted by Crippen LogP contribution is -2.10. The molecule has 1 heterocycles. The van der Waals surface area contributed by atoms with Crippen LogP contribution in [0, 0.1) is 3.57 Å². The molecule has 0 saturated carbocycles. The smallest absolute Gasteiger partial charge is 0.433 e. The van der Waals surface area contributed by atoms with Gasteiger partial charge in [0.05, 0.1) is 0 Å². The van der Waals surface area contributed by atoms with E-state index in [-0.39, 0.29) is 5.56 Å². The van der Waals surface area contributed by atoms with Gasteiger partial charge in [-0.3, -0.25) is 4.98 Å². The molecule has 0 amide bonds. The van der Waals surface area contributed by atoms with E-state index in [4.69, 9.17) is 5.11 Å². The number of rotatable bonds is 2. The minimum Gasteiger partial charge on any atom is -0.478 e. The topological polar surface area (TPSA) is 50.2 Å². The summed E-state index contributed by atoms with van der Waals surface area (Å²) in [6, 6.07) is 1.22. The number of alkyl halides is 3. The maximum absolute atomic E-state index is 12.5. The fraction of sp³-hybridized carbons (Fsp3) is 0.111. The summed E-state index contributed by atoms with van der Waals surface area (Å²) in [7, 11) is 0. The van der Waals surface area contributed by atoms with Crippen molar-refractivity contribution in [3.05, 3.63) is 33.2 Å². The predicted molar refractivity (Wildman–Crippen MR) is 58.6 cm³/mol. The van der Waals surface area contributed by atoms with Crippen molar-refractivity contribution in [2.45, 2.75) is 6.18 Å². The normalized spacial score (nSPS) is 12.0. The van der Waals surface area contributed by atoms with E-state index in [1.807, 2.05) is 0 Å². The largest absolute Gasteiger partial charge is 0.478 e. The van der Waals surface area contributed by atoms with Crippen LogP contribution in [-0.4, -0.2) is 16.1 Å². The standard InChI is InChI=1S/C9H5F3INO2/c10-9(11,12)8-5(1-2-7(15)16)3-6(13)4-14-8/h1-4H,(H,15,16)/b2-1+. The molecular weight excluding hydrogens is 338 g/mol. The van der Waals surface area contributed by atoms with E-state index in [1.54, 1.807) is 22.6 Å². The maximum atomic E-state index is 12.5. The Labute approximate surface area is 102 Å². The second-order valence-electron chi connectivity index (χ2n) is 2.76. The monoisotopic (exact) mass is 343 g/mol. The van der Waals surface area contributed by atoms with Crippen molar-refractivity contribution in [3.8, 4) is 0 Å². The Kier molecular flexibility index (Phi) is 3.89. The van der Waals surface area contributed by atoms with Gasteiger partial charge in [-0.05, 0) is 34.7 Å². The molecule has 0 aliphatic carbocycles. The number of halogens is 4. The highest BCUT2D eigenvalue weighted by atomic mass is 127. The molecule has 1 rings (SSSR count). The second kappa shape index (κ2) is 4.81. The number of carboxylic acids is 1. The highest BCUT2D eigenvalue weighted by Crippen LogP contribution is 2.31. The molecule has 86 valence electrons. The fourth-order valence-corrected chi connectivity index (χ4v) is 1.45. The van der Waals surface area contributed by atoms with Gasteiger partial charge in [-0.2, -0.15) is 13.2 Å². The summed E-state index contributed by atoms with van der Waals surface area (Å²) in [6.07, 6.45) is -2.01. The molecule has 1 aromatic heterocycles. The molecule has 3 nitrogen and oxygen atoms in total. The van der Waals surface area contributed by atoms with Crippen molar-refractivity contribution < 1.29 is 23.1 Å². The van der Waals surface area contributed by atoms with E-state index < -0.39 is 17.8 Å². The van der Waals surface area contributed by atoms with Crippen LogP contribution in [0.1, 0.15) is 11.3 Å². The van der Waals surface area contributed by atoms with Crippen LogP contribution in [0.25, 0.3) is 6.08 Å². The first-order chi connectivity index (χ1) is 7.30. The molecule has 1 N–H and O–H groups in total. The third kappa shape index (κ3) is 3.47. The Morgan fingerprint density at radius 3 is 2.62 bits per heavy atom. The average Bonchev–Trinajstić information content (AvgIpc) is 2.12. The Balaban J connectivity index is 3.24. The third-order valence-electron chi connectivity index (χ3n) is 1.56. The highest BCUT2D eigenvalue weighted by Gasteiger charge is 2.34. The molecule has 0 spiro atoms. The number of pyridine rings is 1. The van der Waals surface area contributed by atoms with E-state index in [2.05, 4.69) is 4.98 Å². The molecule has 1 aromatic rings. The van der Waals surface area contributed by atoms with Crippen molar-refractivity contribution in [1.82, 2.24) is 4.98 Å². The molecule has 0 radical (unpaired) electrons. The van der Waals surface area contributed by atoms with E-state index in [0.717, 1.165) is 12.3 Å². The molecule has 0 atom stereocenters. The van der Waals surface area contributed by atoms with Crippen LogP contribution in [0.2, 0.25) is 0 Å². The molecule has 0 fully saturated rings. The first-order valence-electron chi connectivity index (χ1n) is 3.94. The van der Waals surface area contributed by atoms with Gasteiger partial charge in [0.25, 0.3) is 0 Å². The molecule has 0 aliphatic heterocycles. The minimum atomic E-state index is -4.59. The molecule has 0 unspecified atom stereocenters. The first-order valence-corrected chi connectivity index (χ1v) is 5.02. The highest BCUT2D eigenvalue weighted by molar-refractivity contribution is 14.1. The minimum absolute atomic E-state index is 0.262. The average molecular weight is 343 g/mol. The summed E-state index contributed by atoms with van der Waals surface area (Å²) < 4.78 is 37.9. The zero-order valence-corrected chi connectivity index (χ0v) is 9.78. The van der Waals surface area contributed by atoms with Crippen LogP contribution in [0.3, 0.4) is 0 Å². The molecule has 0 bridgehead atoms. The van der Waals surface area contributed by atoms with Gasteiger partial charge in [0.2, 0.25) is 0 Å². The number of nitrogens with zero attached hydrogens (tertiary/aromatic N) is 1. The number of carbonyl (C=O) groups is 1. The predicted octanol–water partition coefficient (Wildman–Crippen LogP) is 2.80. The van der Waals surface area contributed by atoms with Crippen molar-refractivity contribution in [2.24, 2.45) is 0 Å². The zero-order valence-electron chi connectivity index (χ0n) is 7.62. The lowest BCUT2D eigenvalue weighted by atomic mass is 10.1. The van der Waals surface area contributed by atoms with Gasteiger partial charge in [-0.15, -0.1) is 0 Å². The van der Waals surface area contributed by atoms with Crippen LogP contribution in [0.5, 0.6) is 0 Å². The van der Waals surface area contributed by atoms with Crippen LogP contribution in [-0.2, 0) is 11.0 Å². The van der Waals surface area contributed by atoms with Gasteiger partial charge in [-0.1, -0.05) is 0 Å². The summed E-state index contributed by atoms with van der Waals surface area (Å²) in [4.78, 5) is 13.5. The number of hydrogen-bond acceptors (Lipinski definition) is 2. The lowest BCUT2D eigenvalue weighted by molar-refractivity contribution is -0.141. The van der Waals surface area contributed by atoms with Crippen molar-refractivity contribution >= 4 is 34.6 Å². The molecule has 0 aliphatic rings. The van der Waals surface area contributed by atoms with Crippen LogP contribution < -0.4 is 0 Å². The van der Waals surface area contributed by atoms with Gasteiger partial charge in [0.15, 0.2) is 5.69 Å². The van der Waals surface area contributed by atoms with Crippen molar-refractivity contribution in [1.29, 1.82) is 0 Å². The summed E-state index contributed by atoms with van der Waals surface area (Å²) in [5.74, 6) is -1.31. The maximum Gasteiger partial charge on any atom is 0.433 e. The number of carboxylic acid groups (broad SMARTS) is 1. The SMILES string of the molecule is O=C(O)/C=C/c1cc(I)cnc1C(F)(F)F. The molecule has 16 heavy (non-hydrogen) atoms. The van der Waals surface area contributed by atoms with Crippen LogP contribution in [0.4, 0.5) is 13.2 Å². The summed E-state index contributed by atoms with van der Waals surface area (Å²) in [5.41, 5.74) is -1.35. The van der Waals surface area contributed by atoms with Crippen LogP contribution in [0.15, 0.2) is 18.3 Å². The van der Waals surface area contributed by atoms with Crippen molar-refractivity contribution in [3.63, 3.8) is 0 Å². The Hall–Kier alpha value is -1.12. The Morgan fingerprint density at radius 2 is 2.12 bits per heavy atom. The quantitative estimate of drug-likeness (QED) is 0.664. The van der Waals surface area contributed by atoms with Gasteiger partial charge in [-0.25, -0.2) is 4.79 Å². The van der Waals surface area contributed by atoms with Gasteiger partial charge >= 0.3 is 12.1 Å². The van der Waals surface area contributed by atoms with E-state index in [1.165, 1.54) is 6.07 Å². The first kappa shape index (κ1) is 12.9. The number of hydrogen-bond donors (Lipinski definition) is 1. The van der Waals surface area contributed by atoms with Gasteiger partial charge in [0, 0.05) is 21.4 Å². The Bertz CT molecular complexity index is 443. The number of aliphatic carboxylic acids is 1. The molecule has 0 saturated heterocycles. The number of aromatic nitrogens is 1. The van der Waals surface area contributed by atoms with E-state index in [9.17, 15) is 18.0 Å². The lowest BCUT2D eigenvalue weighted by Gasteiger charge is -2.08. The Morgan fingerprint density at radius 1 is 1.50 bits per heavy atom. The second-order valence-corrected chi connectivity index (χ2v) is 4.01. The van der Waals surface area contributed by atoms with Gasteiger partial charge < -0.3 is 5.11 Å². The van der Waals surface area contributed by atoms with E-state index in [0.29, 0.717) is 9.65 Å². The van der Waals surface area contributed by atoms with Crippen LogP contribution >= 0.6 is 22.6 Å². The summed E-state index contributed by atoms with van der Waals surface area (Å²) >= 11 is 1.80. The van der Waals surface area contributed by atoms with Gasteiger partial charge in [0.1, 0.15) is 0 Å².